The molecule has 0 atom stereocenters. The molecule has 3 N–H and O–H groups in total. The minimum absolute atomic E-state index is 0.0584. The number of carbonyl (C=O) groups excluding carboxylic acids is 2. The van der Waals surface area contributed by atoms with Crippen molar-refractivity contribution in [3.05, 3.63) is 72.7 Å². The molecule has 7 nitrogen and oxygen atoms in total. The van der Waals surface area contributed by atoms with Gasteiger partial charge in [0.1, 0.15) is 18.1 Å². The summed E-state index contributed by atoms with van der Waals surface area (Å²) < 4.78 is 10.5. The lowest BCUT2D eigenvalue weighted by Gasteiger charge is -2.12. The minimum atomic E-state index is -0.470. The summed E-state index contributed by atoms with van der Waals surface area (Å²) in [6.07, 6.45) is 5.82. The van der Waals surface area contributed by atoms with E-state index in [9.17, 15) is 9.59 Å². The number of carbonyl (C=O) groups is 2. The smallest absolute Gasteiger partial charge is 0.273 e. The zero-order valence-corrected chi connectivity index (χ0v) is 14.5. The van der Waals surface area contributed by atoms with E-state index in [1.165, 1.54) is 18.4 Å². The normalized spacial score (nSPS) is 10.2. The Morgan fingerprint density at radius 2 is 2.00 bits per heavy atom. The highest BCUT2D eigenvalue weighted by Crippen LogP contribution is 2.17. The number of benzene rings is 1. The zero-order chi connectivity index (χ0) is 18.8. The number of para-hydroxylation sites is 1. The average molecular weight is 371 g/mol. The molecule has 26 heavy (non-hydrogen) atoms. The predicted molar refractivity (Wildman–Crippen MR) is 101 cm³/mol. The van der Waals surface area contributed by atoms with Crippen LogP contribution in [0.4, 0.5) is 0 Å². The maximum absolute atomic E-state index is 12.2. The van der Waals surface area contributed by atoms with Crippen molar-refractivity contribution < 1.29 is 18.7 Å². The van der Waals surface area contributed by atoms with Gasteiger partial charge in [0.15, 0.2) is 5.11 Å². The van der Waals surface area contributed by atoms with Crippen LogP contribution in [0.15, 0.2) is 65.8 Å². The number of nitrogens with one attached hydrogen (secondary N) is 3. The minimum Gasteiger partial charge on any atom is -0.489 e. The molecule has 0 unspecified atom stereocenters. The Hall–Kier alpha value is -3.39. The van der Waals surface area contributed by atoms with Crippen LogP contribution in [0.2, 0.25) is 0 Å². The zero-order valence-electron chi connectivity index (χ0n) is 13.7. The number of rotatable bonds is 6. The van der Waals surface area contributed by atoms with Crippen LogP contribution in [-0.2, 0) is 4.79 Å². The second-order valence-electron chi connectivity index (χ2n) is 4.84. The Labute approximate surface area is 155 Å². The van der Waals surface area contributed by atoms with Gasteiger partial charge in [-0.05, 0) is 42.6 Å². The van der Waals surface area contributed by atoms with E-state index in [-0.39, 0.29) is 11.7 Å². The summed E-state index contributed by atoms with van der Waals surface area (Å²) in [6.45, 7) is 3.83. The van der Waals surface area contributed by atoms with Crippen LogP contribution in [0, 0.1) is 0 Å². The fourth-order valence-electron chi connectivity index (χ4n) is 1.84. The fraction of sp³-hybridized carbons (Fsp3) is 0.0556. The number of thiocarbonyl (C=S) groups is 1. The monoisotopic (exact) mass is 371 g/mol. The summed E-state index contributed by atoms with van der Waals surface area (Å²) in [5.74, 6) is 0.00162. The summed E-state index contributed by atoms with van der Waals surface area (Å²) >= 11 is 4.96. The molecule has 8 heteroatoms. The van der Waals surface area contributed by atoms with Gasteiger partial charge in [0.2, 0.25) is 5.91 Å². The maximum Gasteiger partial charge on any atom is 0.273 e. The summed E-state index contributed by atoms with van der Waals surface area (Å²) in [6, 6.07) is 10.1. The van der Waals surface area contributed by atoms with E-state index in [2.05, 4.69) is 22.7 Å². The van der Waals surface area contributed by atoms with Crippen molar-refractivity contribution in [3.8, 4) is 5.75 Å². The first-order chi connectivity index (χ1) is 12.6. The molecular weight excluding hydrogens is 354 g/mol. The predicted octanol–water partition coefficient (Wildman–Crippen LogP) is 2.19. The van der Waals surface area contributed by atoms with Gasteiger partial charge in [-0.1, -0.05) is 24.8 Å². The Kier molecular flexibility index (Phi) is 7.14. The Balaban J connectivity index is 1.84. The number of ether oxygens (including phenoxy) is 1. The molecule has 0 aliphatic rings. The molecule has 0 aliphatic heterocycles. The third-order valence-corrected chi connectivity index (χ3v) is 3.16. The molecule has 0 saturated heterocycles. The fourth-order valence-corrected chi connectivity index (χ4v) is 1.99. The largest absolute Gasteiger partial charge is 0.489 e. The van der Waals surface area contributed by atoms with Gasteiger partial charge in [-0.25, -0.2) is 0 Å². The first-order valence-electron chi connectivity index (χ1n) is 7.55. The van der Waals surface area contributed by atoms with Crippen molar-refractivity contribution in [1.82, 2.24) is 16.2 Å². The Morgan fingerprint density at radius 1 is 1.19 bits per heavy atom. The standard InChI is InChI=1S/C18H17N3O4S/c1-2-11-25-15-8-4-3-7-14(15)17(23)20-21-18(26)19-16(22)10-9-13-6-5-12-24-13/h2-10,12H,1,11H2,(H,20,23)(H2,19,21,22,26). The molecule has 0 bridgehead atoms. The number of hydrazine groups is 1. The molecule has 1 heterocycles. The third kappa shape index (κ3) is 5.91. The van der Waals surface area contributed by atoms with E-state index in [0.717, 1.165) is 0 Å². The van der Waals surface area contributed by atoms with Crippen molar-refractivity contribution in [2.75, 3.05) is 6.61 Å². The lowest BCUT2D eigenvalue weighted by atomic mass is 10.2. The van der Waals surface area contributed by atoms with Gasteiger partial charge in [0.05, 0.1) is 11.8 Å². The molecule has 0 radical (unpaired) electrons. The first-order valence-corrected chi connectivity index (χ1v) is 7.96. The SMILES string of the molecule is C=CCOc1ccccc1C(=O)NNC(=S)NC(=O)C=Cc1ccco1. The number of amides is 2. The van der Waals surface area contributed by atoms with Crippen LogP contribution in [0.5, 0.6) is 5.75 Å². The van der Waals surface area contributed by atoms with Crippen molar-refractivity contribution in [1.29, 1.82) is 0 Å². The summed E-state index contributed by atoms with van der Waals surface area (Å²) in [5, 5.41) is 2.33. The van der Waals surface area contributed by atoms with Crippen LogP contribution < -0.4 is 20.9 Å². The summed E-state index contributed by atoms with van der Waals surface area (Å²) in [5.41, 5.74) is 5.17. The van der Waals surface area contributed by atoms with Crippen molar-refractivity contribution in [2.45, 2.75) is 0 Å². The van der Waals surface area contributed by atoms with E-state index in [1.54, 1.807) is 42.5 Å². The van der Waals surface area contributed by atoms with Gasteiger partial charge in [0, 0.05) is 6.08 Å². The van der Waals surface area contributed by atoms with Crippen LogP contribution >= 0.6 is 12.2 Å². The van der Waals surface area contributed by atoms with E-state index in [1.807, 2.05) is 0 Å². The molecule has 0 aliphatic carbocycles. The van der Waals surface area contributed by atoms with Crippen LogP contribution in [-0.4, -0.2) is 23.5 Å². The van der Waals surface area contributed by atoms with Gasteiger partial charge >= 0.3 is 0 Å². The van der Waals surface area contributed by atoms with Crippen molar-refractivity contribution in [2.24, 2.45) is 0 Å². The highest BCUT2D eigenvalue weighted by molar-refractivity contribution is 7.80. The maximum atomic E-state index is 12.2. The molecule has 0 saturated carbocycles. The topological polar surface area (TPSA) is 92.6 Å². The Bertz CT molecular complexity index is 816. The van der Waals surface area contributed by atoms with Gasteiger partial charge in [-0.15, -0.1) is 0 Å². The van der Waals surface area contributed by atoms with E-state index >= 15 is 0 Å². The average Bonchev–Trinajstić information content (AvgIpc) is 3.16. The highest BCUT2D eigenvalue weighted by Gasteiger charge is 2.12. The molecule has 1 aromatic heterocycles. The molecule has 1 aromatic carbocycles. The van der Waals surface area contributed by atoms with Crippen LogP contribution in [0.25, 0.3) is 6.08 Å². The molecule has 2 aromatic rings. The number of hydrogen-bond acceptors (Lipinski definition) is 5. The van der Waals surface area contributed by atoms with Crippen LogP contribution in [0.3, 0.4) is 0 Å². The van der Waals surface area contributed by atoms with E-state index in [0.29, 0.717) is 17.1 Å². The quantitative estimate of drug-likeness (QED) is 0.312. The second-order valence-corrected chi connectivity index (χ2v) is 5.25. The van der Waals surface area contributed by atoms with E-state index < -0.39 is 11.8 Å². The molecule has 134 valence electrons. The molecule has 0 fully saturated rings. The van der Waals surface area contributed by atoms with Crippen molar-refractivity contribution >= 4 is 35.2 Å². The van der Waals surface area contributed by atoms with Crippen LogP contribution in [0.1, 0.15) is 16.1 Å². The second kappa shape index (κ2) is 9.80. The third-order valence-electron chi connectivity index (χ3n) is 2.96. The molecule has 2 amide bonds. The van der Waals surface area contributed by atoms with Gasteiger partial charge in [0.25, 0.3) is 5.91 Å². The van der Waals surface area contributed by atoms with Gasteiger partial charge in [-0.3, -0.25) is 25.8 Å². The number of furan rings is 1. The molecule has 0 spiro atoms. The lowest BCUT2D eigenvalue weighted by Crippen LogP contribution is -2.48. The highest BCUT2D eigenvalue weighted by atomic mass is 32.1. The first kappa shape index (κ1) is 18.9. The lowest BCUT2D eigenvalue weighted by molar-refractivity contribution is -0.115. The van der Waals surface area contributed by atoms with Crippen molar-refractivity contribution in [3.63, 3.8) is 0 Å². The van der Waals surface area contributed by atoms with Gasteiger partial charge < -0.3 is 9.15 Å². The Morgan fingerprint density at radius 3 is 2.73 bits per heavy atom. The summed E-state index contributed by atoms with van der Waals surface area (Å²) in [4.78, 5) is 23.9. The van der Waals surface area contributed by atoms with E-state index in [4.69, 9.17) is 21.4 Å². The van der Waals surface area contributed by atoms with Gasteiger partial charge in [-0.2, -0.15) is 0 Å². The number of hydrogen-bond donors (Lipinski definition) is 3. The summed E-state index contributed by atoms with van der Waals surface area (Å²) in [7, 11) is 0. The molecular formula is C18H17N3O4S. The molecule has 2 rings (SSSR count).